The molecule has 10 heteroatoms. The van der Waals surface area contributed by atoms with Crippen molar-refractivity contribution in [2.24, 2.45) is 4.99 Å². The topological polar surface area (TPSA) is 73.8 Å². The third kappa shape index (κ3) is 6.00. The first-order chi connectivity index (χ1) is 13.4. The van der Waals surface area contributed by atoms with Crippen molar-refractivity contribution < 1.29 is 17.2 Å². The Morgan fingerprint density at radius 1 is 1.21 bits per heavy atom. The van der Waals surface area contributed by atoms with Crippen molar-refractivity contribution in [2.75, 3.05) is 25.9 Å². The van der Waals surface area contributed by atoms with Gasteiger partial charge in [0.05, 0.1) is 5.75 Å². The highest BCUT2D eigenvalue weighted by atomic mass is 127. The first-order valence-corrected chi connectivity index (χ1v) is 11.4. The van der Waals surface area contributed by atoms with Crippen molar-refractivity contribution >= 4 is 40.0 Å². The minimum Gasteiger partial charge on any atom is -0.354 e. The van der Waals surface area contributed by atoms with Gasteiger partial charge in [-0.2, -0.15) is 0 Å². The third-order valence-electron chi connectivity index (χ3n) is 5.36. The lowest BCUT2D eigenvalue weighted by Crippen LogP contribution is -2.50. The molecule has 1 saturated heterocycles. The Kier molecular flexibility index (Phi) is 8.65. The fraction of sp³-hybridized carbons (Fsp3) is 0.632. The summed E-state index contributed by atoms with van der Waals surface area (Å²) in [5, 5.41) is 6.54. The summed E-state index contributed by atoms with van der Waals surface area (Å²) in [6.45, 7) is 2.84. The summed E-state index contributed by atoms with van der Waals surface area (Å²) in [5.41, 5.74) is 0.130. The summed E-state index contributed by atoms with van der Waals surface area (Å²) in [6.07, 6.45) is 2.65. The van der Waals surface area contributed by atoms with Crippen molar-refractivity contribution in [3.63, 3.8) is 0 Å². The number of hydrogen-bond donors (Lipinski definition) is 2. The first kappa shape index (κ1) is 24.3. The molecule has 2 atom stereocenters. The Bertz CT molecular complexity index is 809. The molecule has 0 radical (unpaired) electrons. The second-order valence-electron chi connectivity index (χ2n) is 7.43. The van der Waals surface area contributed by atoms with E-state index in [2.05, 4.69) is 15.6 Å². The van der Waals surface area contributed by atoms with Crippen molar-refractivity contribution in [3.05, 3.63) is 35.4 Å². The van der Waals surface area contributed by atoms with Crippen LogP contribution in [-0.4, -0.2) is 56.7 Å². The average Bonchev–Trinajstić information content (AvgIpc) is 3.40. The fourth-order valence-corrected chi connectivity index (χ4v) is 5.28. The Balaban J connectivity index is 0.00000300. The van der Waals surface area contributed by atoms with Gasteiger partial charge in [0.15, 0.2) is 5.96 Å². The van der Waals surface area contributed by atoms with Gasteiger partial charge in [-0.1, -0.05) is 13.0 Å². The number of halogens is 3. The molecule has 1 aromatic carbocycles. The van der Waals surface area contributed by atoms with Crippen molar-refractivity contribution in [1.29, 1.82) is 0 Å². The van der Waals surface area contributed by atoms with E-state index in [0.717, 1.165) is 0 Å². The summed E-state index contributed by atoms with van der Waals surface area (Å²) >= 11 is 0. The molecule has 0 aromatic heterocycles. The lowest BCUT2D eigenvalue weighted by atomic mass is 10.1. The Morgan fingerprint density at radius 3 is 2.38 bits per heavy atom. The minimum absolute atomic E-state index is 0. The number of piperidine rings is 1. The maximum Gasteiger partial charge on any atom is 0.214 e. The van der Waals surface area contributed by atoms with Crippen LogP contribution in [0.25, 0.3) is 0 Å². The quantitative estimate of drug-likeness (QED) is 0.330. The highest BCUT2D eigenvalue weighted by molar-refractivity contribution is 14.0. The number of nitrogens with zero attached hydrogens (tertiary/aromatic N) is 2. The smallest absolute Gasteiger partial charge is 0.214 e. The zero-order chi connectivity index (χ0) is 20.3. The summed E-state index contributed by atoms with van der Waals surface area (Å²) in [4.78, 5) is 4.21. The van der Waals surface area contributed by atoms with Crippen LogP contribution in [0, 0.1) is 11.6 Å². The van der Waals surface area contributed by atoms with E-state index in [4.69, 9.17) is 0 Å². The first-order valence-electron chi connectivity index (χ1n) is 9.77. The zero-order valence-electron chi connectivity index (χ0n) is 16.7. The highest BCUT2D eigenvalue weighted by Gasteiger charge is 2.42. The van der Waals surface area contributed by atoms with E-state index in [-0.39, 0.29) is 53.3 Å². The average molecular weight is 542 g/mol. The summed E-state index contributed by atoms with van der Waals surface area (Å²) in [6, 6.07) is 3.97. The molecule has 1 aromatic rings. The van der Waals surface area contributed by atoms with E-state index in [0.29, 0.717) is 44.7 Å². The van der Waals surface area contributed by atoms with E-state index in [9.17, 15) is 17.2 Å². The molecule has 1 heterocycles. The SMILES string of the molecule is CCCS(=O)(=O)N1CCC(NC(=NC)NC2CC2c2c(F)cccc2F)CC1.I. The van der Waals surface area contributed by atoms with E-state index in [1.54, 1.807) is 11.4 Å². The van der Waals surface area contributed by atoms with Gasteiger partial charge < -0.3 is 10.6 Å². The van der Waals surface area contributed by atoms with Crippen LogP contribution in [0.5, 0.6) is 0 Å². The number of benzene rings is 1. The normalized spacial score (nSPS) is 23.4. The van der Waals surface area contributed by atoms with Gasteiger partial charge in [-0.05, 0) is 37.8 Å². The van der Waals surface area contributed by atoms with Crippen LogP contribution in [0.4, 0.5) is 8.78 Å². The van der Waals surface area contributed by atoms with E-state index < -0.39 is 21.7 Å². The maximum atomic E-state index is 13.9. The Hall–Kier alpha value is -1.01. The Morgan fingerprint density at radius 2 is 1.83 bits per heavy atom. The number of nitrogens with one attached hydrogen (secondary N) is 2. The largest absolute Gasteiger partial charge is 0.354 e. The van der Waals surface area contributed by atoms with Crippen LogP contribution < -0.4 is 10.6 Å². The van der Waals surface area contributed by atoms with Crippen LogP contribution in [-0.2, 0) is 10.0 Å². The predicted molar refractivity (Wildman–Crippen MR) is 121 cm³/mol. The predicted octanol–water partition coefficient (Wildman–Crippen LogP) is 2.81. The molecule has 3 rings (SSSR count). The molecule has 0 bridgehead atoms. The number of sulfonamides is 1. The molecule has 1 aliphatic carbocycles. The molecule has 6 nitrogen and oxygen atoms in total. The fourth-order valence-electron chi connectivity index (χ4n) is 3.74. The summed E-state index contributed by atoms with van der Waals surface area (Å²) in [5.74, 6) is -0.472. The third-order valence-corrected chi connectivity index (χ3v) is 7.43. The van der Waals surface area contributed by atoms with E-state index in [1.807, 2.05) is 6.92 Å². The standard InChI is InChI=1S/C19H28F2N4O2S.HI/c1-3-11-28(26,27)25-9-7-13(8-10-25)23-19(22-2)24-17-12-14(17)18-15(20)5-4-6-16(18)21;/h4-6,13-14,17H,3,7-12H2,1-2H3,(H2,22,23,24);1H. The van der Waals surface area contributed by atoms with E-state index in [1.165, 1.54) is 18.2 Å². The molecule has 0 amide bonds. The van der Waals surface area contributed by atoms with Gasteiger partial charge in [0.2, 0.25) is 10.0 Å². The summed E-state index contributed by atoms with van der Waals surface area (Å²) < 4.78 is 53.7. The van der Waals surface area contributed by atoms with Gasteiger partial charge >= 0.3 is 0 Å². The van der Waals surface area contributed by atoms with Gasteiger partial charge in [-0.25, -0.2) is 21.5 Å². The van der Waals surface area contributed by atoms with Crippen molar-refractivity contribution in [1.82, 2.24) is 14.9 Å². The van der Waals surface area contributed by atoms with Crippen LogP contribution >= 0.6 is 24.0 Å². The Labute approximate surface area is 188 Å². The highest BCUT2D eigenvalue weighted by Crippen LogP contribution is 2.43. The number of guanidine groups is 1. The van der Waals surface area contributed by atoms with Crippen molar-refractivity contribution in [2.45, 2.75) is 50.6 Å². The van der Waals surface area contributed by atoms with Gasteiger partial charge in [-0.15, -0.1) is 24.0 Å². The van der Waals surface area contributed by atoms with Crippen LogP contribution in [0.15, 0.2) is 23.2 Å². The van der Waals surface area contributed by atoms with Gasteiger partial charge in [0.1, 0.15) is 11.6 Å². The second-order valence-corrected chi connectivity index (χ2v) is 9.52. The molecule has 2 aliphatic rings. The molecule has 164 valence electrons. The van der Waals surface area contributed by atoms with Gasteiger partial charge in [-0.3, -0.25) is 4.99 Å². The minimum atomic E-state index is -3.16. The van der Waals surface area contributed by atoms with E-state index >= 15 is 0 Å². The lowest BCUT2D eigenvalue weighted by Gasteiger charge is -2.32. The van der Waals surface area contributed by atoms with Gasteiger partial charge in [0, 0.05) is 43.7 Å². The molecule has 29 heavy (non-hydrogen) atoms. The molecular formula is C19H29F2IN4O2S. The molecule has 2 unspecified atom stereocenters. The molecule has 1 aliphatic heterocycles. The second kappa shape index (κ2) is 10.3. The van der Waals surface area contributed by atoms with Crippen LogP contribution in [0.2, 0.25) is 0 Å². The molecule has 2 fully saturated rings. The monoisotopic (exact) mass is 542 g/mol. The zero-order valence-corrected chi connectivity index (χ0v) is 19.8. The maximum absolute atomic E-state index is 13.9. The molecular weight excluding hydrogens is 513 g/mol. The number of hydrogen-bond acceptors (Lipinski definition) is 3. The number of aliphatic imine (C=N–C) groups is 1. The molecule has 1 saturated carbocycles. The number of rotatable bonds is 6. The molecule has 2 N–H and O–H groups in total. The van der Waals surface area contributed by atoms with Crippen LogP contribution in [0.3, 0.4) is 0 Å². The lowest BCUT2D eigenvalue weighted by molar-refractivity contribution is 0.306. The van der Waals surface area contributed by atoms with Gasteiger partial charge in [0.25, 0.3) is 0 Å². The summed E-state index contributed by atoms with van der Waals surface area (Å²) in [7, 11) is -1.51. The van der Waals surface area contributed by atoms with Crippen LogP contribution in [0.1, 0.15) is 44.1 Å². The molecule has 0 spiro atoms. The van der Waals surface area contributed by atoms with Crippen molar-refractivity contribution in [3.8, 4) is 0 Å².